The molecule has 0 radical (unpaired) electrons. The van der Waals surface area contributed by atoms with Crippen molar-refractivity contribution in [3.05, 3.63) is 63.1 Å². The molecule has 0 fully saturated rings. The third kappa shape index (κ3) is 4.85. The number of sulfonamides is 1. The highest BCUT2D eigenvalue weighted by Gasteiger charge is 2.23. The Hall–Kier alpha value is -1.41. The molecule has 2 aromatic carbocycles. The van der Waals surface area contributed by atoms with Crippen LogP contribution in [0.5, 0.6) is 0 Å². The number of carbonyl (C=O) groups is 1. The summed E-state index contributed by atoms with van der Waals surface area (Å²) >= 11 is 9.50. The van der Waals surface area contributed by atoms with E-state index >= 15 is 0 Å². The Morgan fingerprint density at radius 2 is 1.85 bits per heavy atom. The van der Waals surface area contributed by atoms with E-state index in [1.54, 1.807) is 13.8 Å². The molecule has 5 nitrogen and oxygen atoms in total. The third-order valence-electron chi connectivity index (χ3n) is 3.87. The van der Waals surface area contributed by atoms with E-state index < -0.39 is 15.9 Å². The first kappa shape index (κ1) is 20.9. The largest absolute Gasteiger partial charge is 0.348 e. The maximum Gasteiger partial charge on any atom is 0.253 e. The van der Waals surface area contributed by atoms with Gasteiger partial charge in [0.05, 0.1) is 15.5 Å². The van der Waals surface area contributed by atoms with Crippen molar-refractivity contribution >= 4 is 43.5 Å². The van der Waals surface area contributed by atoms with Gasteiger partial charge in [0, 0.05) is 24.1 Å². The first-order valence-electron chi connectivity index (χ1n) is 8.12. The Kier molecular flexibility index (Phi) is 7.23. The molecule has 0 aliphatic heterocycles. The van der Waals surface area contributed by atoms with Gasteiger partial charge in [-0.25, -0.2) is 8.42 Å². The van der Waals surface area contributed by atoms with Crippen molar-refractivity contribution in [2.45, 2.75) is 25.3 Å². The van der Waals surface area contributed by atoms with Gasteiger partial charge in [-0.3, -0.25) is 4.79 Å². The van der Waals surface area contributed by atoms with Crippen molar-refractivity contribution in [3.8, 4) is 0 Å². The Balaban J connectivity index is 2.25. The predicted octanol–water partition coefficient (Wildman–Crippen LogP) is 4.06. The number of nitrogens with zero attached hydrogens (tertiary/aromatic N) is 1. The zero-order chi connectivity index (χ0) is 19.3. The molecule has 0 spiro atoms. The van der Waals surface area contributed by atoms with E-state index in [4.69, 9.17) is 11.6 Å². The van der Waals surface area contributed by atoms with Crippen LogP contribution in [-0.4, -0.2) is 31.7 Å². The fourth-order valence-corrected chi connectivity index (χ4v) is 4.61. The molecule has 0 saturated carbocycles. The monoisotopic (exact) mass is 458 g/mol. The number of hydrogen-bond donors (Lipinski definition) is 1. The predicted molar refractivity (Wildman–Crippen MR) is 107 cm³/mol. The SMILES string of the molecule is CCN(CC)S(=O)(=O)c1ccc(Cl)c(C(=O)NCc2cccc(Br)c2)c1. The van der Waals surface area contributed by atoms with Gasteiger partial charge in [-0.1, -0.05) is 53.5 Å². The van der Waals surface area contributed by atoms with Crippen LogP contribution in [0, 0.1) is 0 Å². The lowest BCUT2D eigenvalue weighted by molar-refractivity contribution is 0.0951. The van der Waals surface area contributed by atoms with E-state index in [0.29, 0.717) is 19.6 Å². The first-order chi connectivity index (χ1) is 12.3. The molecule has 0 heterocycles. The number of amides is 1. The van der Waals surface area contributed by atoms with Crippen molar-refractivity contribution in [3.63, 3.8) is 0 Å². The van der Waals surface area contributed by atoms with Gasteiger partial charge in [0.15, 0.2) is 0 Å². The summed E-state index contributed by atoms with van der Waals surface area (Å²) in [4.78, 5) is 12.6. The van der Waals surface area contributed by atoms with Crippen LogP contribution < -0.4 is 5.32 Å². The quantitative estimate of drug-likeness (QED) is 0.679. The molecular formula is C18H20BrClN2O3S. The minimum absolute atomic E-state index is 0.0539. The van der Waals surface area contributed by atoms with Gasteiger partial charge in [-0.15, -0.1) is 0 Å². The van der Waals surface area contributed by atoms with Gasteiger partial charge in [0.1, 0.15) is 0 Å². The van der Waals surface area contributed by atoms with Gasteiger partial charge >= 0.3 is 0 Å². The average Bonchev–Trinajstić information content (AvgIpc) is 2.60. The van der Waals surface area contributed by atoms with Crippen molar-refractivity contribution in [1.29, 1.82) is 0 Å². The topological polar surface area (TPSA) is 66.5 Å². The first-order valence-corrected chi connectivity index (χ1v) is 10.7. The van der Waals surface area contributed by atoms with Gasteiger partial charge in [-0.2, -0.15) is 4.31 Å². The average molecular weight is 460 g/mol. The molecule has 8 heteroatoms. The van der Waals surface area contributed by atoms with Crippen LogP contribution in [0.4, 0.5) is 0 Å². The minimum atomic E-state index is -3.66. The Bertz CT molecular complexity index is 899. The van der Waals surface area contributed by atoms with Gasteiger partial charge in [0.2, 0.25) is 10.0 Å². The van der Waals surface area contributed by atoms with Gasteiger partial charge in [-0.05, 0) is 35.9 Å². The molecule has 1 N–H and O–H groups in total. The molecule has 2 rings (SSSR count). The number of hydrogen-bond acceptors (Lipinski definition) is 3. The van der Waals surface area contributed by atoms with Crippen LogP contribution in [0.1, 0.15) is 29.8 Å². The third-order valence-corrected chi connectivity index (χ3v) is 6.74. The van der Waals surface area contributed by atoms with Crippen molar-refractivity contribution < 1.29 is 13.2 Å². The number of halogens is 2. The van der Waals surface area contributed by atoms with Crippen LogP contribution in [0.2, 0.25) is 5.02 Å². The molecule has 0 bridgehead atoms. The second kappa shape index (κ2) is 8.99. The Labute approximate surface area is 167 Å². The standard InChI is InChI=1S/C18H20BrClN2O3S/c1-3-22(4-2)26(24,25)15-8-9-17(20)16(11-15)18(23)21-12-13-6-5-7-14(19)10-13/h5-11H,3-4,12H2,1-2H3,(H,21,23). The lowest BCUT2D eigenvalue weighted by Crippen LogP contribution is -2.31. The summed E-state index contributed by atoms with van der Waals surface area (Å²) in [6, 6.07) is 11.7. The molecule has 0 aromatic heterocycles. The van der Waals surface area contributed by atoms with E-state index in [1.165, 1.54) is 22.5 Å². The van der Waals surface area contributed by atoms with Crippen LogP contribution in [0.3, 0.4) is 0 Å². The number of carbonyl (C=O) groups excluding carboxylic acids is 1. The molecule has 1 amide bonds. The van der Waals surface area contributed by atoms with E-state index in [2.05, 4.69) is 21.2 Å². The molecule has 0 aliphatic rings. The normalized spacial score (nSPS) is 11.6. The maximum atomic E-state index is 12.6. The highest BCUT2D eigenvalue weighted by Crippen LogP contribution is 2.23. The second-order valence-corrected chi connectivity index (χ2v) is 8.80. The zero-order valence-corrected chi connectivity index (χ0v) is 17.7. The molecule has 0 unspecified atom stereocenters. The van der Waals surface area contributed by atoms with Gasteiger partial charge < -0.3 is 5.32 Å². The highest BCUT2D eigenvalue weighted by atomic mass is 79.9. The molecule has 0 atom stereocenters. The number of nitrogens with one attached hydrogen (secondary N) is 1. The minimum Gasteiger partial charge on any atom is -0.348 e. The summed E-state index contributed by atoms with van der Waals surface area (Å²) in [6.45, 7) is 4.55. The molecule has 2 aromatic rings. The second-order valence-electron chi connectivity index (χ2n) is 5.54. The van der Waals surface area contributed by atoms with Crippen LogP contribution in [0.25, 0.3) is 0 Å². The van der Waals surface area contributed by atoms with E-state index in [9.17, 15) is 13.2 Å². The zero-order valence-electron chi connectivity index (χ0n) is 14.5. The van der Waals surface area contributed by atoms with Crippen molar-refractivity contribution in [2.24, 2.45) is 0 Å². The number of benzene rings is 2. The fourth-order valence-electron chi connectivity index (χ4n) is 2.48. The van der Waals surface area contributed by atoms with Crippen LogP contribution >= 0.6 is 27.5 Å². The van der Waals surface area contributed by atoms with E-state index in [0.717, 1.165) is 10.0 Å². The van der Waals surface area contributed by atoms with Crippen molar-refractivity contribution in [1.82, 2.24) is 9.62 Å². The highest BCUT2D eigenvalue weighted by molar-refractivity contribution is 9.10. The smallest absolute Gasteiger partial charge is 0.253 e. The summed E-state index contributed by atoms with van der Waals surface area (Å²) in [7, 11) is -3.66. The van der Waals surface area contributed by atoms with Gasteiger partial charge in [0.25, 0.3) is 5.91 Å². The summed E-state index contributed by atoms with van der Waals surface area (Å²) in [5, 5.41) is 2.97. The lowest BCUT2D eigenvalue weighted by atomic mass is 10.2. The number of rotatable bonds is 7. The Morgan fingerprint density at radius 1 is 1.15 bits per heavy atom. The molecule has 26 heavy (non-hydrogen) atoms. The maximum absolute atomic E-state index is 12.6. The molecular weight excluding hydrogens is 440 g/mol. The van der Waals surface area contributed by atoms with E-state index in [1.807, 2.05) is 24.3 Å². The van der Waals surface area contributed by atoms with E-state index in [-0.39, 0.29) is 15.5 Å². The van der Waals surface area contributed by atoms with Crippen LogP contribution in [-0.2, 0) is 16.6 Å². The summed E-state index contributed by atoms with van der Waals surface area (Å²) in [6.07, 6.45) is 0. The molecule has 140 valence electrons. The molecule has 0 saturated heterocycles. The summed E-state index contributed by atoms with van der Waals surface area (Å²) < 4.78 is 27.5. The van der Waals surface area contributed by atoms with Crippen molar-refractivity contribution in [2.75, 3.05) is 13.1 Å². The lowest BCUT2D eigenvalue weighted by Gasteiger charge is -2.19. The fraction of sp³-hybridized carbons (Fsp3) is 0.278. The van der Waals surface area contributed by atoms with Crippen LogP contribution in [0.15, 0.2) is 51.8 Å². The summed E-state index contributed by atoms with van der Waals surface area (Å²) in [5.74, 6) is -0.424. The Morgan fingerprint density at radius 3 is 2.46 bits per heavy atom. The molecule has 0 aliphatic carbocycles. The summed E-state index contributed by atoms with van der Waals surface area (Å²) in [5.41, 5.74) is 1.05.